The Hall–Kier alpha value is -2.16. The van der Waals surface area contributed by atoms with Gasteiger partial charge in [0.1, 0.15) is 5.82 Å². The average Bonchev–Trinajstić information content (AvgIpc) is 2.78. The molecule has 2 aromatic rings. The number of nitrogens with one attached hydrogen (secondary N) is 1. The fourth-order valence-electron chi connectivity index (χ4n) is 3.67. The first-order valence-electron chi connectivity index (χ1n) is 10.8. The number of amides is 1. The maximum absolute atomic E-state index is 13.1. The largest absolute Gasteiger partial charge is 0.369 e. The van der Waals surface area contributed by atoms with Gasteiger partial charge < -0.3 is 10.2 Å². The molecule has 9 heteroatoms. The number of carbonyl (C=O) groups excluding carboxylic acids is 1. The van der Waals surface area contributed by atoms with Crippen molar-refractivity contribution >= 4 is 33.0 Å². The molecule has 0 aromatic heterocycles. The summed E-state index contributed by atoms with van der Waals surface area (Å²) in [5, 5.41) is 3.22. The second-order valence-electron chi connectivity index (χ2n) is 7.94. The van der Waals surface area contributed by atoms with Crippen LogP contribution in [-0.4, -0.2) is 64.2 Å². The third-order valence-electron chi connectivity index (χ3n) is 5.51. The minimum Gasteiger partial charge on any atom is -0.369 e. The van der Waals surface area contributed by atoms with Crippen LogP contribution in [0.5, 0.6) is 0 Å². The van der Waals surface area contributed by atoms with E-state index in [1.54, 1.807) is 36.4 Å². The van der Waals surface area contributed by atoms with Gasteiger partial charge in [0.25, 0.3) is 0 Å². The van der Waals surface area contributed by atoms with Gasteiger partial charge in [-0.3, -0.25) is 9.69 Å². The highest BCUT2D eigenvalue weighted by Crippen LogP contribution is 2.18. The molecular weight excluding hydrogens is 453 g/mol. The zero-order chi connectivity index (χ0) is 23.0. The summed E-state index contributed by atoms with van der Waals surface area (Å²) in [6, 6.07) is 13.4. The molecule has 1 fully saturated rings. The highest BCUT2D eigenvalue weighted by molar-refractivity contribution is 7.90. The number of piperazine rings is 1. The molecule has 0 bridgehead atoms. The molecule has 0 atom stereocenters. The Morgan fingerprint density at radius 2 is 1.72 bits per heavy atom. The Labute approximate surface area is 194 Å². The topological polar surface area (TPSA) is 69.7 Å². The fourth-order valence-corrected chi connectivity index (χ4v) is 5.32. The van der Waals surface area contributed by atoms with E-state index in [0.29, 0.717) is 17.1 Å². The molecule has 0 aliphatic carbocycles. The van der Waals surface area contributed by atoms with Crippen LogP contribution < -0.4 is 10.2 Å². The van der Waals surface area contributed by atoms with Crippen LogP contribution in [-0.2, 0) is 20.4 Å². The van der Waals surface area contributed by atoms with Gasteiger partial charge in [0.05, 0.1) is 11.5 Å². The zero-order valence-corrected chi connectivity index (χ0v) is 19.5. The van der Waals surface area contributed by atoms with E-state index in [1.165, 1.54) is 12.1 Å². The van der Waals surface area contributed by atoms with E-state index in [1.807, 2.05) is 0 Å². The van der Waals surface area contributed by atoms with Crippen LogP contribution in [0.3, 0.4) is 0 Å². The quantitative estimate of drug-likeness (QED) is 0.528. The number of carbonyl (C=O) groups is 1. The van der Waals surface area contributed by atoms with Gasteiger partial charge in [-0.05, 0) is 48.9 Å². The van der Waals surface area contributed by atoms with Crippen molar-refractivity contribution in [3.05, 3.63) is 64.9 Å². The van der Waals surface area contributed by atoms with E-state index in [9.17, 15) is 17.6 Å². The first-order chi connectivity index (χ1) is 15.3. The Morgan fingerprint density at radius 1 is 1.03 bits per heavy atom. The Kier molecular flexibility index (Phi) is 8.90. The third-order valence-corrected chi connectivity index (χ3v) is 7.46. The van der Waals surface area contributed by atoms with Crippen molar-refractivity contribution in [3.8, 4) is 0 Å². The summed E-state index contributed by atoms with van der Waals surface area (Å²) in [6.07, 6.45) is 0.748. The summed E-state index contributed by atoms with van der Waals surface area (Å²) in [5.74, 6) is -0.847. The number of anilines is 1. The van der Waals surface area contributed by atoms with Crippen LogP contribution in [0.15, 0.2) is 48.5 Å². The van der Waals surface area contributed by atoms with E-state index >= 15 is 0 Å². The Balaban J connectivity index is 1.29. The van der Waals surface area contributed by atoms with Crippen molar-refractivity contribution in [1.82, 2.24) is 10.2 Å². The van der Waals surface area contributed by atoms with Gasteiger partial charge in [0, 0.05) is 49.9 Å². The summed E-state index contributed by atoms with van der Waals surface area (Å²) in [6.45, 7) is 4.95. The van der Waals surface area contributed by atoms with E-state index in [4.69, 9.17) is 11.6 Å². The molecule has 1 N–H and O–H groups in total. The van der Waals surface area contributed by atoms with Gasteiger partial charge in [-0.15, -0.1) is 0 Å². The van der Waals surface area contributed by atoms with Crippen LogP contribution in [0.2, 0.25) is 5.02 Å². The number of nitrogens with zero attached hydrogens (tertiary/aromatic N) is 2. The molecule has 1 aliphatic heterocycles. The summed E-state index contributed by atoms with van der Waals surface area (Å²) < 4.78 is 37.6. The molecule has 0 unspecified atom stereocenters. The van der Waals surface area contributed by atoms with E-state index in [0.717, 1.165) is 44.8 Å². The predicted molar refractivity (Wildman–Crippen MR) is 126 cm³/mol. The molecule has 32 heavy (non-hydrogen) atoms. The molecule has 3 rings (SSSR count). The van der Waals surface area contributed by atoms with Crippen molar-refractivity contribution in [2.75, 3.05) is 49.9 Å². The van der Waals surface area contributed by atoms with E-state index in [2.05, 4.69) is 15.1 Å². The molecule has 1 heterocycles. The standard InChI is InChI=1S/C23H29ClFN3O3S/c24-22-5-2-1-4-19(22)18-32(30,31)17-10-23(29)26-11-3-12-27-13-15-28(16-14-27)21-8-6-20(25)7-9-21/h1-2,4-9H,3,10-18H2,(H,26,29). The normalized spacial score (nSPS) is 15.0. The lowest BCUT2D eigenvalue weighted by atomic mass is 10.2. The van der Waals surface area contributed by atoms with E-state index in [-0.39, 0.29) is 29.7 Å². The smallest absolute Gasteiger partial charge is 0.221 e. The summed E-state index contributed by atoms with van der Waals surface area (Å²) in [4.78, 5) is 16.6. The third kappa shape index (κ3) is 7.76. The zero-order valence-electron chi connectivity index (χ0n) is 18.0. The highest BCUT2D eigenvalue weighted by atomic mass is 35.5. The highest BCUT2D eigenvalue weighted by Gasteiger charge is 2.18. The van der Waals surface area contributed by atoms with Crippen LogP contribution in [0.25, 0.3) is 0 Å². The van der Waals surface area contributed by atoms with Gasteiger partial charge in [-0.1, -0.05) is 29.8 Å². The van der Waals surface area contributed by atoms with Gasteiger partial charge in [0.2, 0.25) is 5.91 Å². The molecule has 0 radical (unpaired) electrons. The lowest BCUT2D eigenvalue weighted by molar-refractivity contribution is -0.120. The van der Waals surface area contributed by atoms with Crippen LogP contribution in [0.4, 0.5) is 10.1 Å². The van der Waals surface area contributed by atoms with Crippen molar-refractivity contribution in [2.45, 2.75) is 18.6 Å². The van der Waals surface area contributed by atoms with Gasteiger partial charge in [0.15, 0.2) is 9.84 Å². The second kappa shape index (κ2) is 11.6. The lowest BCUT2D eigenvalue weighted by Gasteiger charge is -2.36. The minimum absolute atomic E-state index is 0.0525. The summed E-state index contributed by atoms with van der Waals surface area (Å²) in [7, 11) is -3.41. The van der Waals surface area contributed by atoms with Crippen molar-refractivity contribution in [2.24, 2.45) is 0 Å². The summed E-state index contributed by atoms with van der Waals surface area (Å²) >= 11 is 6.02. The molecule has 0 saturated carbocycles. The van der Waals surface area contributed by atoms with Crippen LogP contribution >= 0.6 is 11.6 Å². The predicted octanol–water partition coefficient (Wildman–Crippen LogP) is 3.11. The Bertz CT molecular complexity index is 994. The maximum Gasteiger partial charge on any atom is 0.221 e. The number of hydrogen-bond donors (Lipinski definition) is 1. The van der Waals surface area contributed by atoms with Crippen molar-refractivity contribution in [3.63, 3.8) is 0 Å². The molecular formula is C23H29ClFN3O3S. The SMILES string of the molecule is O=C(CCS(=O)(=O)Cc1ccccc1Cl)NCCCN1CCN(c2ccc(F)cc2)CC1. The van der Waals surface area contributed by atoms with Crippen LogP contribution in [0, 0.1) is 5.82 Å². The van der Waals surface area contributed by atoms with Crippen molar-refractivity contribution in [1.29, 1.82) is 0 Å². The van der Waals surface area contributed by atoms with E-state index < -0.39 is 9.84 Å². The maximum atomic E-state index is 13.1. The Morgan fingerprint density at radius 3 is 2.41 bits per heavy atom. The molecule has 1 saturated heterocycles. The molecule has 1 amide bonds. The summed E-state index contributed by atoms with van der Waals surface area (Å²) in [5.41, 5.74) is 1.58. The van der Waals surface area contributed by atoms with Gasteiger partial charge >= 0.3 is 0 Å². The molecule has 2 aromatic carbocycles. The average molecular weight is 482 g/mol. The molecule has 6 nitrogen and oxygen atoms in total. The second-order valence-corrected chi connectivity index (χ2v) is 10.5. The first kappa shape index (κ1) is 24.5. The van der Waals surface area contributed by atoms with Crippen molar-refractivity contribution < 1.29 is 17.6 Å². The fraction of sp³-hybridized carbons (Fsp3) is 0.435. The molecule has 174 valence electrons. The lowest BCUT2D eigenvalue weighted by Crippen LogP contribution is -2.47. The monoisotopic (exact) mass is 481 g/mol. The number of hydrogen-bond acceptors (Lipinski definition) is 5. The molecule has 0 spiro atoms. The molecule has 1 aliphatic rings. The first-order valence-corrected chi connectivity index (χ1v) is 13.0. The van der Waals surface area contributed by atoms with Crippen LogP contribution in [0.1, 0.15) is 18.4 Å². The minimum atomic E-state index is -3.41. The van der Waals surface area contributed by atoms with Gasteiger partial charge in [-0.2, -0.15) is 0 Å². The number of sulfone groups is 1. The number of benzene rings is 2. The number of halogens is 2. The number of rotatable bonds is 10. The van der Waals surface area contributed by atoms with Gasteiger partial charge in [-0.25, -0.2) is 12.8 Å².